The maximum absolute atomic E-state index is 12.2. The average Bonchev–Trinajstić information content (AvgIpc) is 2.89. The van der Waals surface area contributed by atoms with Crippen LogP contribution in [0.3, 0.4) is 0 Å². The van der Waals surface area contributed by atoms with E-state index in [1.807, 2.05) is 13.8 Å². The van der Waals surface area contributed by atoms with Gasteiger partial charge in [0.1, 0.15) is 17.7 Å². The molecule has 0 atom stereocenters. The number of carbonyl (C=O) groups excluding carboxylic acids is 1. The van der Waals surface area contributed by atoms with Crippen molar-refractivity contribution in [2.75, 3.05) is 7.11 Å². The molecule has 104 valence electrons. The van der Waals surface area contributed by atoms with E-state index in [1.165, 1.54) is 17.8 Å². The Morgan fingerprint density at radius 2 is 2.20 bits per heavy atom. The Kier molecular flexibility index (Phi) is 2.82. The monoisotopic (exact) mass is 292 g/mol. The Morgan fingerprint density at radius 3 is 2.90 bits per heavy atom. The van der Waals surface area contributed by atoms with Crippen molar-refractivity contribution in [1.29, 1.82) is 0 Å². The second-order valence-electron chi connectivity index (χ2n) is 4.42. The summed E-state index contributed by atoms with van der Waals surface area (Å²) in [5, 5.41) is 5.09. The van der Waals surface area contributed by atoms with E-state index in [2.05, 4.69) is 14.8 Å². The van der Waals surface area contributed by atoms with Crippen LogP contribution in [0.2, 0.25) is 0 Å². The van der Waals surface area contributed by atoms with Gasteiger partial charge in [0.05, 0.1) is 12.5 Å². The van der Waals surface area contributed by atoms with Crippen molar-refractivity contribution in [3.8, 4) is 0 Å². The van der Waals surface area contributed by atoms with Gasteiger partial charge in [0.25, 0.3) is 0 Å². The molecular weight excluding hydrogens is 280 g/mol. The molecule has 0 saturated heterocycles. The lowest BCUT2D eigenvalue weighted by molar-refractivity contribution is -0.141. The number of nitrogens with zero attached hydrogens (tertiary/aromatic N) is 4. The highest BCUT2D eigenvalue weighted by Gasteiger charge is 2.17. The van der Waals surface area contributed by atoms with Crippen molar-refractivity contribution in [1.82, 2.24) is 19.2 Å². The van der Waals surface area contributed by atoms with Gasteiger partial charge in [-0.25, -0.2) is 18.9 Å². The third kappa shape index (κ3) is 1.72. The maximum atomic E-state index is 12.2. The number of ether oxygens (including phenoxy) is 1. The van der Waals surface area contributed by atoms with Crippen LogP contribution in [0.5, 0.6) is 0 Å². The minimum atomic E-state index is -0.516. The first-order valence-corrected chi connectivity index (χ1v) is 6.75. The topological polar surface area (TPSA) is 78.5 Å². The first kappa shape index (κ1) is 12.8. The maximum Gasteiger partial charge on any atom is 0.352 e. The number of hydrogen-bond acceptors (Lipinski definition) is 6. The molecule has 3 aromatic heterocycles. The number of thiophene rings is 1. The van der Waals surface area contributed by atoms with Crippen LogP contribution in [0.4, 0.5) is 0 Å². The number of carbonyl (C=O) groups is 1. The van der Waals surface area contributed by atoms with Gasteiger partial charge in [0.2, 0.25) is 0 Å². The van der Waals surface area contributed by atoms with Gasteiger partial charge in [0, 0.05) is 4.88 Å². The largest absolute Gasteiger partial charge is 0.468 e. The summed E-state index contributed by atoms with van der Waals surface area (Å²) >= 11 is 1.56. The first-order chi connectivity index (χ1) is 9.52. The predicted octanol–water partition coefficient (Wildman–Crippen LogP) is 0.896. The second kappa shape index (κ2) is 4.41. The van der Waals surface area contributed by atoms with Crippen molar-refractivity contribution in [2.24, 2.45) is 0 Å². The van der Waals surface area contributed by atoms with Crippen molar-refractivity contribution < 1.29 is 9.53 Å². The molecule has 20 heavy (non-hydrogen) atoms. The third-order valence-electron chi connectivity index (χ3n) is 3.26. The number of esters is 1. The Labute approximate surface area is 117 Å². The molecule has 0 aliphatic rings. The third-order valence-corrected chi connectivity index (χ3v) is 4.37. The highest BCUT2D eigenvalue weighted by molar-refractivity contribution is 7.18. The molecule has 0 fully saturated rings. The van der Waals surface area contributed by atoms with Crippen LogP contribution in [0.1, 0.15) is 10.4 Å². The van der Waals surface area contributed by atoms with Crippen molar-refractivity contribution in [3.05, 3.63) is 27.3 Å². The van der Waals surface area contributed by atoms with Gasteiger partial charge in [-0.05, 0) is 19.4 Å². The number of hydrogen-bond donors (Lipinski definition) is 0. The van der Waals surface area contributed by atoms with Gasteiger partial charge >= 0.3 is 11.7 Å². The molecule has 3 rings (SSSR count). The molecule has 7 nitrogen and oxygen atoms in total. The lowest BCUT2D eigenvalue weighted by Crippen LogP contribution is -2.25. The Morgan fingerprint density at radius 1 is 1.45 bits per heavy atom. The summed E-state index contributed by atoms with van der Waals surface area (Å²) in [4.78, 5) is 29.7. The Hall–Kier alpha value is -2.22. The van der Waals surface area contributed by atoms with Gasteiger partial charge in [-0.3, -0.25) is 4.79 Å². The molecule has 0 N–H and O–H groups in total. The van der Waals surface area contributed by atoms with Crippen LogP contribution >= 0.6 is 11.3 Å². The van der Waals surface area contributed by atoms with Crippen LogP contribution in [0.15, 0.2) is 11.1 Å². The van der Waals surface area contributed by atoms with Gasteiger partial charge in [-0.2, -0.15) is 0 Å². The second-order valence-corrected chi connectivity index (χ2v) is 5.62. The lowest BCUT2D eigenvalue weighted by atomic mass is 10.2. The molecule has 0 saturated carbocycles. The van der Waals surface area contributed by atoms with Crippen LogP contribution in [0.25, 0.3) is 15.9 Å². The summed E-state index contributed by atoms with van der Waals surface area (Å²) in [5.74, 6) is -0.516. The van der Waals surface area contributed by atoms with Crippen LogP contribution in [-0.4, -0.2) is 32.2 Å². The summed E-state index contributed by atoms with van der Waals surface area (Å²) in [7, 11) is 1.27. The van der Waals surface area contributed by atoms with Crippen molar-refractivity contribution >= 4 is 33.2 Å². The molecule has 8 heteroatoms. The van der Waals surface area contributed by atoms with Gasteiger partial charge in [-0.1, -0.05) is 0 Å². The van der Waals surface area contributed by atoms with E-state index < -0.39 is 11.7 Å². The minimum absolute atomic E-state index is 0.208. The van der Waals surface area contributed by atoms with Gasteiger partial charge in [-0.15, -0.1) is 16.4 Å². The minimum Gasteiger partial charge on any atom is -0.468 e. The fraction of sp³-hybridized carbons (Fsp3) is 0.333. The quantitative estimate of drug-likeness (QED) is 0.656. The average molecular weight is 292 g/mol. The SMILES string of the molecule is COC(=O)Cn1nc2c3c(C)c(C)sc3ncn2c1=O. The van der Waals surface area contributed by atoms with Gasteiger partial charge < -0.3 is 4.74 Å². The molecule has 0 amide bonds. The van der Waals surface area contributed by atoms with Crippen molar-refractivity contribution in [3.63, 3.8) is 0 Å². The highest BCUT2D eigenvalue weighted by atomic mass is 32.1. The lowest BCUT2D eigenvalue weighted by Gasteiger charge is -1.95. The molecule has 0 aromatic carbocycles. The molecule has 0 radical (unpaired) electrons. The smallest absolute Gasteiger partial charge is 0.352 e. The van der Waals surface area contributed by atoms with Crippen LogP contribution in [-0.2, 0) is 16.1 Å². The standard InChI is InChI=1S/C12H12N4O3S/c1-6-7(2)20-11-9(6)10-14-16(4-8(17)19-3)12(18)15(10)5-13-11/h5H,4H2,1-3H3. The fourth-order valence-corrected chi connectivity index (χ4v) is 3.05. The molecule has 3 aromatic rings. The number of fused-ring (bicyclic) bond motifs is 3. The highest BCUT2D eigenvalue weighted by Crippen LogP contribution is 2.30. The molecule has 0 spiro atoms. The van der Waals surface area contributed by atoms with Crippen LogP contribution in [0, 0.1) is 13.8 Å². The molecule has 0 bridgehead atoms. The van der Waals surface area contributed by atoms with E-state index in [4.69, 9.17) is 0 Å². The van der Waals surface area contributed by atoms with E-state index in [1.54, 1.807) is 11.3 Å². The number of methoxy groups -OCH3 is 1. The number of aryl methyl sites for hydroxylation is 2. The zero-order valence-electron chi connectivity index (χ0n) is 11.2. The number of aromatic nitrogens is 4. The molecule has 0 unspecified atom stereocenters. The predicted molar refractivity (Wildman–Crippen MR) is 74.1 cm³/mol. The zero-order chi connectivity index (χ0) is 14.4. The summed E-state index contributed by atoms with van der Waals surface area (Å²) < 4.78 is 7.00. The number of rotatable bonds is 2. The summed E-state index contributed by atoms with van der Waals surface area (Å²) in [6.07, 6.45) is 1.44. The van der Waals surface area contributed by atoms with E-state index >= 15 is 0 Å². The van der Waals surface area contributed by atoms with Crippen LogP contribution < -0.4 is 5.69 Å². The van der Waals surface area contributed by atoms with E-state index in [9.17, 15) is 9.59 Å². The molecule has 0 aliphatic carbocycles. The summed E-state index contributed by atoms with van der Waals surface area (Å²) in [6.45, 7) is 3.77. The molecular formula is C12H12N4O3S. The van der Waals surface area contributed by atoms with Crippen molar-refractivity contribution in [2.45, 2.75) is 20.4 Å². The zero-order valence-corrected chi connectivity index (χ0v) is 12.0. The Balaban J connectivity index is 2.32. The summed E-state index contributed by atoms with van der Waals surface area (Å²) in [5.41, 5.74) is 1.17. The fourth-order valence-electron chi connectivity index (χ4n) is 2.06. The van der Waals surface area contributed by atoms with Gasteiger partial charge in [0.15, 0.2) is 5.65 Å². The van der Waals surface area contributed by atoms with E-state index in [0.717, 1.165) is 25.3 Å². The molecule has 3 heterocycles. The van der Waals surface area contributed by atoms with E-state index in [-0.39, 0.29) is 6.54 Å². The molecule has 0 aliphatic heterocycles. The Bertz CT molecular complexity index is 889. The first-order valence-electron chi connectivity index (χ1n) is 5.93. The summed E-state index contributed by atoms with van der Waals surface area (Å²) in [6, 6.07) is 0. The van der Waals surface area contributed by atoms with E-state index in [0.29, 0.717) is 5.65 Å². The normalized spacial score (nSPS) is 11.3.